The summed E-state index contributed by atoms with van der Waals surface area (Å²) < 4.78 is 2.35. The summed E-state index contributed by atoms with van der Waals surface area (Å²) >= 11 is 0. The van der Waals surface area contributed by atoms with Gasteiger partial charge in [0.2, 0.25) is 0 Å². The fourth-order valence-corrected chi connectivity index (χ4v) is 4.46. The SMILES string of the molecule is CCC/C=C(/N)Cc1ccc(-c2ccc(-n3c4ccccc4c4ccccc43)cc2)cc1. The van der Waals surface area contributed by atoms with Crippen molar-refractivity contribution in [2.24, 2.45) is 5.73 Å². The molecule has 0 aliphatic rings. The number of rotatable bonds is 6. The lowest BCUT2D eigenvalue weighted by atomic mass is 10.0. The molecule has 0 fully saturated rings. The summed E-state index contributed by atoms with van der Waals surface area (Å²) in [7, 11) is 0. The first-order valence-corrected chi connectivity index (χ1v) is 11.4. The van der Waals surface area contributed by atoms with Crippen molar-refractivity contribution < 1.29 is 0 Å². The average molecular weight is 417 g/mol. The maximum absolute atomic E-state index is 6.14. The fraction of sp³-hybridized carbons (Fsp3) is 0.133. The van der Waals surface area contributed by atoms with Gasteiger partial charge in [0.15, 0.2) is 0 Å². The molecule has 2 nitrogen and oxygen atoms in total. The lowest BCUT2D eigenvalue weighted by Gasteiger charge is -2.10. The number of aromatic nitrogens is 1. The average Bonchev–Trinajstić information content (AvgIpc) is 3.18. The van der Waals surface area contributed by atoms with Gasteiger partial charge in [-0.25, -0.2) is 0 Å². The van der Waals surface area contributed by atoms with Gasteiger partial charge in [0.25, 0.3) is 0 Å². The molecule has 5 rings (SSSR count). The van der Waals surface area contributed by atoms with E-state index in [9.17, 15) is 0 Å². The number of allylic oxidation sites excluding steroid dienone is 2. The minimum absolute atomic E-state index is 0.812. The highest BCUT2D eigenvalue weighted by molar-refractivity contribution is 6.09. The molecular formula is C30H28N2. The Bertz CT molecular complexity index is 1330. The van der Waals surface area contributed by atoms with Gasteiger partial charge in [0.05, 0.1) is 11.0 Å². The summed E-state index contributed by atoms with van der Waals surface area (Å²) in [5, 5.41) is 2.57. The Balaban J connectivity index is 1.45. The van der Waals surface area contributed by atoms with Crippen LogP contribution in [0.1, 0.15) is 25.3 Å². The van der Waals surface area contributed by atoms with Gasteiger partial charge in [-0.2, -0.15) is 0 Å². The van der Waals surface area contributed by atoms with E-state index in [1.165, 1.54) is 44.2 Å². The lowest BCUT2D eigenvalue weighted by molar-refractivity contribution is 0.933. The van der Waals surface area contributed by atoms with E-state index in [1.807, 2.05) is 0 Å². The molecule has 2 N–H and O–H groups in total. The van der Waals surface area contributed by atoms with Crippen LogP contribution in [-0.4, -0.2) is 4.57 Å². The first kappa shape index (κ1) is 20.1. The number of nitrogens with two attached hydrogens (primary N) is 1. The minimum atomic E-state index is 0.812. The Hall–Kier alpha value is -3.78. The van der Waals surface area contributed by atoms with Gasteiger partial charge < -0.3 is 10.3 Å². The Kier molecular flexibility index (Phi) is 5.51. The molecule has 1 heterocycles. The first-order chi connectivity index (χ1) is 15.7. The summed E-state index contributed by atoms with van der Waals surface area (Å²) in [4.78, 5) is 0. The zero-order chi connectivity index (χ0) is 21.9. The second-order valence-electron chi connectivity index (χ2n) is 8.36. The van der Waals surface area contributed by atoms with Crippen LogP contribution < -0.4 is 5.73 Å². The van der Waals surface area contributed by atoms with Crippen LogP contribution in [0.4, 0.5) is 0 Å². The summed E-state index contributed by atoms with van der Waals surface area (Å²) in [6.45, 7) is 2.17. The van der Waals surface area contributed by atoms with Crippen molar-refractivity contribution in [3.63, 3.8) is 0 Å². The van der Waals surface area contributed by atoms with Crippen LogP contribution in [0.3, 0.4) is 0 Å². The van der Waals surface area contributed by atoms with Gasteiger partial charge in [-0.15, -0.1) is 0 Å². The predicted octanol–water partition coefficient (Wildman–Crippen LogP) is 7.64. The molecule has 1 aromatic heterocycles. The van der Waals surface area contributed by atoms with Crippen LogP contribution >= 0.6 is 0 Å². The molecular weight excluding hydrogens is 388 g/mol. The third-order valence-corrected chi connectivity index (χ3v) is 6.10. The van der Waals surface area contributed by atoms with Gasteiger partial charge in [0.1, 0.15) is 0 Å². The third kappa shape index (κ3) is 3.80. The van der Waals surface area contributed by atoms with Crippen molar-refractivity contribution in [2.45, 2.75) is 26.2 Å². The maximum atomic E-state index is 6.14. The molecule has 0 amide bonds. The topological polar surface area (TPSA) is 30.9 Å². The van der Waals surface area contributed by atoms with Gasteiger partial charge >= 0.3 is 0 Å². The van der Waals surface area contributed by atoms with E-state index in [-0.39, 0.29) is 0 Å². The number of fused-ring (bicyclic) bond motifs is 3. The Morgan fingerprint density at radius 2 is 1.25 bits per heavy atom. The zero-order valence-corrected chi connectivity index (χ0v) is 18.5. The Labute approximate surface area is 189 Å². The van der Waals surface area contributed by atoms with Crippen LogP contribution in [-0.2, 0) is 6.42 Å². The molecule has 0 aliphatic heterocycles. The molecule has 0 bridgehead atoms. The number of nitrogens with zero attached hydrogens (tertiary/aromatic N) is 1. The molecule has 0 saturated heterocycles. The molecule has 158 valence electrons. The minimum Gasteiger partial charge on any atom is -0.402 e. The van der Waals surface area contributed by atoms with Crippen LogP contribution in [0.2, 0.25) is 0 Å². The molecule has 0 aliphatic carbocycles. The smallest absolute Gasteiger partial charge is 0.0541 e. The van der Waals surface area contributed by atoms with Crippen molar-refractivity contribution >= 4 is 21.8 Å². The van der Waals surface area contributed by atoms with Gasteiger partial charge in [0, 0.05) is 28.6 Å². The number of benzene rings is 4. The second-order valence-corrected chi connectivity index (χ2v) is 8.36. The molecule has 2 heteroatoms. The van der Waals surface area contributed by atoms with Crippen molar-refractivity contribution in [1.29, 1.82) is 0 Å². The normalized spacial score (nSPS) is 12.0. The van der Waals surface area contributed by atoms with Gasteiger partial charge in [-0.05, 0) is 47.4 Å². The Morgan fingerprint density at radius 3 is 1.81 bits per heavy atom. The predicted molar refractivity (Wildman–Crippen MR) is 137 cm³/mol. The molecule has 4 aromatic carbocycles. The van der Waals surface area contributed by atoms with Crippen molar-refractivity contribution in [1.82, 2.24) is 4.57 Å². The fourth-order valence-electron chi connectivity index (χ4n) is 4.46. The zero-order valence-electron chi connectivity index (χ0n) is 18.5. The van der Waals surface area contributed by atoms with E-state index in [0.29, 0.717) is 0 Å². The molecule has 5 aromatic rings. The largest absolute Gasteiger partial charge is 0.402 e. The number of unbranched alkanes of at least 4 members (excludes halogenated alkanes) is 1. The number of para-hydroxylation sites is 2. The molecule has 32 heavy (non-hydrogen) atoms. The highest BCUT2D eigenvalue weighted by Crippen LogP contribution is 2.32. The second kappa shape index (κ2) is 8.76. The molecule has 0 spiro atoms. The highest BCUT2D eigenvalue weighted by atomic mass is 15.0. The quantitative estimate of drug-likeness (QED) is 0.303. The van der Waals surface area contributed by atoms with Crippen molar-refractivity contribution in [3.05, 3.63) is 114 Å². The number of hydrogen-bond donors (Lipinski definition) is 1. The van der Waals surface area contributed by atoms with Crippen LogP contribution in [0.15, 0.2) is 109 Å². The van der Waals surface area contributed by atoms with Gasteiger partial charge in [-0.1, -0.05) is 92.2 Å². The number of hydrogen-bond acceptors (Lipinski definition) is 1. The van der Waals surface area contributed by atoms with Crippen LogP contribution in [0.25, 0.3) is 38.6 Å². The first-order valence-electron chi connectivity index (χ1n) is 11.4. The Morgan fingerprint density at radius 1 is 0.719 bits per heavy atom. The summed E-state index contributed by atoms with van der Waals surface area (Å²) in [6.07, 6.45) is 5.13. The van der Waals surface area contributed by atoms with Crippen molar-refractivity contribution in [3.8, 4) is 16.8 Å². The van der Waals surface area contributed by atoms with Crippen LogP contribution in [0, 0.1) is 0 Å². The third-order valence-electron chi connectivity index (χ3n) is 6.10. The van der Waals surface area contributed by atoms with Crippen LogP contribution in [0.5, 0.6) is 0 Å². The maximum Gasteiger partial charge on any atom is 0.0541 e. The van der Waals surface area contributed by atoms with E-state index in [2.05, 4.69) is 115 Å². The van der Waals surface area contributed by atoms with E-state index in [1.54, 1.807) is 0 Å². The monoisotopic (exact) mass is 416 g/mol. The molecule has 0 saturated carbocycles. The summed E-state index contributed by atoms with van der Waals surface area (Å²) in [5.41, 5.74) is 14.4. The van der Waals surface area contributed by atoms with E-state index in [0.717, 1.165) is 25.0 Å². The highest BCUT2D eigenvalue weighted by Gasteiger charge is 2.11. The molecule has 0 unspecified atom stereocenters. The van der Waals surface area contributed by atoms with E-state index in [4.69, 9.17) is 5.73 Å². The van der Waals surface area contributed by atoms with Crippen molar-refractivity contribution in [2.75, 3.05) is 0 Å². The molecule has 0 radical (unpaired) electrons. The summed E-state index contributed by atoms with van der Waals surface area (Å²) in [6, 6.07) is 34.8. The summed E-state index contributed by atoms with van der Waals surface area (Å²) in [5.74, 6) is 0. The van der Waals surface area contributed by atoms with E-state index < -0.39 is 0 Å². The van der Waals surface area contributed by atoms with Gasteiger partial charge in [-0.3, -0.25) is 0 Å². The lowest BCUT2D eigenvalue weighted by Crippen LogP contribution is -2.01. The standard InChI is InChI=1S/C30H28N2/c1-2-3-8-25(31)21-22-13-15-23(16-14-22)24-17-19-26(20-18-24)32-29-11-6-4-9-27(29)28-10-5-7-12-30(28)32/h4-20H,2-3,21,31H2,1H3/b25-8+. The molecule has 0 atom stereocenters. The van der Waals surface area contributed by atoms with E-state index >= 15 is 0 Å².